The quantitative estimate of drug-likeness (QED) is 0.848. The minimum atomic E-state index is -0.206. The van der Waals surface area contributed by atoms with Crippen molar-refractivity contribution in [2.45, 2.75) is 26.3 Å². The lowest BCUT2D eigenvalue weighted by Gasteiger charge is -2.13. The highest BCUT2D eigenvalue weighted by molar-refractivity contribution is 5.91. The molecular weight excluding hydrogens is 266 g/mol. The van der Waals surface area contributed by atoms with Crippen molar-refractivity contribution in [1.29, 1.82) is 0 Å². The van der Waals surface area contributed by atoms with Crippen LogP contribution >= 0.6 is 0 Å². The summed E-state index contributed by atoms with van der Waals surface area (Å²) in [4.78, 5) is 15.9. The van der Waals surface area contributed by atoms with E-state index in [1.54, 1.807) is 24.0 Å². The van der Waals surface area contributed by atoms with E-state index in [0.29, 0.717) is 11.5 Å². The zero-order valence-corrected chi connectivity index (χ0v) is 12.6. The molecule has 2 rings (SSSR count). The normalized spacial score (nSPS) is 12.1. The molecule has 0 saturated carbocycles. The summed E-state index contributed by atoms with van der Waals surface area (Å²) in [5.74, 6) is 0.486. The molecule has 112 valence electrons. The standard InChI is InChI=1S/C15H21N5O/c1-4-8-17-11(2)12-5-6-14(18-10-12)20-9-7-13(19-20)15(21)16-3/h5-7,9-11,17H,4,8H2,1-3H3,(H,16,21). The number of nitrogens with one attached hydrogen (secondary N) is 2. The molecule has 0 aliphatic rings. The maximum Gasteiger partial charge on any atom is 0.271 e. The van der Waals surface area contributed by atoms with E-state index in [4.69, 9.17) is 0 Å². The number of amides is 1. The van der Waals surface area contributed by atoms with Crippen molar-refractivity contribution in [3.63, 3.8) is 0 Å². The summed E-state index contributed by atoms with van der Waals surface area (Å²) in [5.41, 5.74) is 1.51. The molecule has 0 bridgehead atoms. The third-order valence-corrected chi connectivity index (χ3v) is 3.25. The van der Waals surface area contributed by atoms with Crippen LogP contribution in [0.4, 0.5) is 0 Å². The van der Waals surface area contributed by atoms with Gasteiger partial charge in [-0.05, 0) is 37.6 Å². The van der Waals surface area contributed by atoms with Crippen LogP contribution in [0.1, 0.15) is 42.4 Å². The Morgan fingerprint density at radius 2 is 2.19 bits per heavy atom. The Bertz CT molecular complexity index is 590. The van der Waals surface area contributed by atoms with Gasteiger partial charge in [-0.3, -0.25) is 4.79 Å². The fourth-order valence-electron chi connectivity index (χ4n) is 1.97. The summed E-state index contributed by atoms with van der Waals surface area (Å²) in [6, 6.07) is 5.86. The van der Waals surface area contributed by atoms with Gasteiger partial charge >= 0.3 is 0 Å². The largest absolute Gasteiger partial charge is 0.354 e. The molecule has 2 heterocycles. The molecule has 1 unspecified atom stereocenters. The number of rotatable bonds is 6. The fraction of sp³-hybridized carbons (Fsp3) is 0.400. The van der Waals surface area contributed by atoms with Crippen molar-refractivity contribution >= 4 is 5.91 Å². The van der Waals surface area contributed by atoms with Crippen molar-refractivity contribution in [2.75, 3.05) is 13.6 Å². The zero-order chi connectivity index (χ0) is 15.2. The number of nitrogens with zero attached hydrogens (tertiary/aromatic N) is 3. The molecule has 0 radical (unpaired) electrons. The Labute approximate surface area is 124 Å². The molecule has 2 aromatic heterocycles. The molecule has 0 aliphatic carbocycles. The van der Waals surface area contributed by atoms with E-state index in [9.17, 15) is 4.79 Å². The lowest BCUT2D eigenvalue weighted by Crippen LogP contribution is -2.19. The monoisotopic (exact) mass is 287 g/mol. The van der Waals surface area contributed by atoms with Crippen molar-refractivity contribution in [2.24, 2.45) is 0 Å². The average Bonchev–Trinajstić information content (AvgIpc) is 3.02. The lowest BCUT2D eigenvalue weighted by molar-refractivity contribution is 0.0957. The van der Waals surface area contributed by atoms with Crippen LogP contribution in [0, 0.1) is 0 Å². The molecule has 1 amide bonds. The average molecular weight is 287 g/mol. The van der Waals surface area contributed by atoms with Gasteiger partial charge in [0, 0.05) is 25.5 Å². The van der Waals surface area contributed by atoms with E-state index in [1.807, 2.05) is 18.3 Å². The molecule has 0 fully saturated rings. The van der Waals surface area contributed by atoms with Gasteiger partial charge in [0.1, 0.15) is 0 Å². The van der Waals surface area contributed by atoms with Crippen molar-refractivity contribution in [3.05, 3.63) is 41.9 Å². The highest BCUT2D eigenvalue weighted by Crippen LogP contribution is 2.13. The number of aromatic nitrogens is 3. The van der Waals surface area contributed by atoms with Crippen molar-refractivity contribution in [1.82, 2.24) is 25.4 Å². The third kappa shape index (κ3) is 3.66. The number of hydrogen-bond acceptors (Lipinski definition) is 4. The summed E-state index contributed by atoms with van der Waals surface area (Å²) in [6.07, 6.45) is 4.67. The minimum Gasteiger partial charge on any atom is -0.354 e. The van der Waals surface area contributed by atoms with Gasteiger partial charge in [-0.15, -0.1) is 0 Å². The molecule has 21 heavy (non-hydrogen) atoms. The first-order valence-corrected chi connectivity index (χ1v) is 7.13. The number of carbonyl (C=O) groups excluding carboxylic acids is 1. The summed E-state index contributed by atoms with van der Waals surface area (Å²) in [6.45, 7) is 5.24. The second-order valence-corrected chi connectivity index (χ2v) is 4.85. The third-order valence-electron chi connectivity index (χ3n) is 3.25. The summed E-state index contributed by atoms with van der Waals surface area (Å²) >= 11 is 0. The van der Waals surface area contributed by atoms with Gasteiger partial charge in [0.2, 0.25) is 0 Å². The topological polar surface area (TPSA) is 71.8 Å². The first kappa shape index (κ1) is 15.2. The van der Waals surface area contributed by atoms with Crippen LogP contribution < -0.4 is 10.6 Å². The van der Waals surface area contributed by atoms with Crippen LogP contribution in [0.5, 0.6) is 0 Å². The van der Waals surface area contributed by atoms with Crippen LogP contribution in [0.25, 0.3) is 5.82 Å². The highest BCUT2D eigenvalue weighted by Gasteiger charge is 2.09. The second kappa shape index (κ2) is 6.99. The summed E-state index contributed by atoms with van der Waals surface area (Å²) in [7, 11) is 1.58. The fourth-order valence-corrected chi connectivity index (χ4v) is 1.97. The Hall–Kier alpha value is -2.21. The van der Waals surface area contributed by atoms with Gasteiger partial charge in [0.05, 0.1) is 0 Å². The molecule has 0 aliphatic heterocycles. The smallest absolute Gasteiger partial charge is 0.271 e. The van der Waals surface area contributed by atoms with Crippen LogP contribution in [-0.4, -0.2) is 34.3 Å². The van der Waals surface area contributed by atoms with E-state index in [0.717, 1.165) is 18.5 Å². The minimum absolute atomic E-state index is 0.206. The predicted molar refractivity (Wildman–Crippen MR) is 81.5 cm³/mol. The summed E-state index contributed by atoms with van der Waals surface area (Å²) in [5, 5.41) is 10.2. The molecule has 0 saturated heterocycles. The number of pyridine rings is 1. The Morgan fingerprint density at radius 1 is 1.38 bits per heavy atom. The van der Waals surface area contributed by atoms with E-state index in [-0.39, 0.29) is 11.9 Å². The van der Waals surface area contributed by atoms with Crippen LogP contribution in [0.2, 0.25) is 0 Å². The molecular formula is C15H21N5O. The maximum absolute atomic E-state index is 11.5. The van der Waals surface area contributed by atoms with E-state index in [1.165, 1.54) is 0 Å². The van der Waals surface area contributed by atoms with Crippen LogP contribution in [0.15, 0.2) is 30.6 Å². The Kier molecular flexibility index (Phi) is 5.05. The van der Waals surface area contributed by atoms with Crippen molar-refractivity contribution in [3.8, 4) is 5.82 Å². The van der Waals surface area contributed by atoms with Gasteiger partial charge in [0.15, 0.2) is 11.5 Å². The zero-order valence-electron chi connectivity index (χ0n) is 12.6. The molecule has 6 heteroatoms. The number of hydrogen-bond donors (Lipinski definition) is 2. The Balaban J connectivity index is 2.11. The lowest BCUT2D eigenvalue weighted by atomic mass is 10.1. The first-order valence-electron chi connectivity index (χ1n) is 7.13. The van der Waals surface area contributed by atoms with Gasteiger partial charge in [0.25, 0.3) is 5.91 Å². The van der Waals surface area contributed by atoms with Crippen LogP contribution in [0.3, 0.4) is 0 Å². The SMILES string of the molecule is CCCNC(C)c1ccc(-n2ccc(C(=O)NC)n2)nc1. The van der Waals surface area contributed by atoms with Gasteiger partial charge in [-0.25, -0.2) is 9.67 Å². The maximum atomic E-state index is 11.5. The number of carbonyl (C=O) groups is 1. The van der Waals surface area contributed by atoms with Crippen molar-refractivity contribution < 1.29 is 4.79 Å². The summed E-state index contributed by atoms with van der Waals surface area (Å²) < 4.78 is 1.60. The molecule has 0 spiro atoms. The molecule has 2 N–H and O–H groups in total. The molecule has 6 nitrogen and oxygen atoms in total. The van der Waals surface area contributed by atoms with E-state index < -0.39 is 0 Å². The Morgan fingerprint density at radius 3 is 2.81 bits per heavy atom. The molecule has 2 aromatic rings. The van der Waals surface area contributed by atoms with Gasteiger partial charge < -0.3 is 10.6 Å². The van der Waals surface area contributed by atoms with E-state index >= 15 is 0 Å². The van der Waals surface area contributed by atoms with Gasteiger partial charge in [-0.2, -0.15) is 5.10 Å². The van der Waals surface area contributed by atoms with Gasteiger partial charge in [-0.1, -0.05) is 13.0 Å². The predicted octanol–water partition coefficient (Wildman–Crippen LogP) is 1.69. The molecule has 1 atom stereocenters. The van der Waals surface area contributed by atoms with Crippen LogP contribution in [-0.2, 0) is 0 Å². The first-order chi connectivity index (χ1) is 10.2. The second-order valence-electron chi connectivity index (χ2n) is 4.85. The van der Waals surface area contributed by atoms with E-state index in [2.05, 4.69) is 34.6 Å². The highest BCUT2D eigenvalue weighted by atomic mass is 16.1. The molecule has 0 aromatic carbocycles.